The molecule has 0 aromatic heterocycles. The van der Waals surface area contributed by atoms with Gasteiger partial charge in [0, 0.05) is 43.1 Å². The quantitative estimate of drug-likeness (QED) is 0.235. The minimum atomic E-state index is -2.27. The molecule has 26 heavy (non-hydrogen) atoms. The summed E-state index contributed by atoms with van der Waals surface area (Å²) in [5.41, 5.74) is 0. The summed E-state index contributed by atoms with van der Waals surface area (Å²) in [7, 11) is 4.46. The fourth-order valence-corrected chi connectivity index (χ4v) is 0. The van der Waals surface area contributed by atoms with Gasteiger partial charge in [-0.05, 0) is 0 Å². The first-order chi connectivity index (χ1) is 6.95. The van der Waals surface area contributed by atoms with Crippen molar-refractivity contribution in [3.05, 3.63) is 0 Å². The molecule has 0 fully saturated rings. The van der Waals surface area contributed by atoms with E-state index in [1.165, 1.54) is 0 Å². The van der Waals surface area contributed by atoms with E-state index < -0.39 is 37.3 Å². The van der Waals surface area contributed by atoms with Crippen LogP contribution in [0.3, 0.4) is 0 Å². The van der Waals surface area contributed by atoms with Crippen LogP contribution in [0.2, 0.25) is 0 Å². The number of hydrogen-bond donors (Lipinski definition) is 4. The first-order valence-electron chi connectivity index (χ1n) is 2.91. The zero-order valence-electron chi connectivity index (χ0n) is 11.9. The van der Waals surface area contributed by atoms with Crippen molar-refractivity contribution < 1.29 is 130 Å². The van der Waals surface area contributed by atoms with E-state index in [0.29, 0.717) is 0 Å². The molecule has 160 valence electrons. The van der Waals surface area contributed by atoms with Crippen LogP contribution in [0.25, 0.3) is 0 Å². The summed E-state index contributed by atoms with van der Waals surface area (Å²) >= 11 is -2.27. The number of rotatable bonds is 2. The maximum atomic E-state index is 9.00. The second-order valence-corrected chi connectivity index (χ2v) is 1.59. The Morgan fingerprint density at radius 1 is 0.654 bits per heavy atom. The van der Waals surface area contributed by atoms with Crippen LogP contribution in [0.15, 0.2) is 0 Å². The van der Waals surface area contributed by atoms with E-state index in [0.717, 1.165) is 0 Å². The molecular weight excluding hydrogens is 527 g/mol. The average Bonchev–Trinajstić information content (AvgIpc) is 2.22. The molecule has 20 N–H and O–H groups in total. The molecule has 16 nitrogen and oxygen atoms in total. The van der Waals surface area contributed by atoms with Gasteiger partial charge in [-0.15, -0.1) is 0 Å². The number of hydrogen-bond acceptors (Lipinski definition) is 8. The summed E-state index contributed by atoms with van der Waals surface area (Å²) in [6, 6.07) is 0. The second kappa shape index (κ2) is 164. The molecule has 0 heterocycles. The van der Waals surface area contributed by atoms with Gasteiger partial charge in [0.2, 0.25) is 0 Å². The normalized spacial score (nSPS) is 2.77. The van der Waals surface area contributed by atoms with Crippen LogP contribution in [-0.2, 0) is 64.5 Å². The largest absolute Gasteiger partial charge is 0 e. The van der Waals surface area contributed by atoms with Gasteiger partial charge in [0.15, 0.2) is 0 Å². The standard InChI is InChI=1S/2CH4.2B2H2O3.B2.8H2O.2O.2Zr.H2/c;;2*3-1-2(4)5;1-2;;;;;;;;;;;;;/h2*1H4;2*4-5H;;8*1H2;;;;;1H/i;;;;;;;;;;;;;;;;;1+1. The smallest absolute Gasteiger partial charge is 0 e. The summed E-state index contributed by atoms with van der Waals surface area (Å²) < 4.78 is 35.1. The van der Waals surface area contributed by atoms with E-state index >= 15 is 0 Å². The van der Waals surface area contributed by atoms with Crippen LogP contribution in [0.5, 0.6) is 0 Å². The summed E-state index contributed by atoms with van der Waals surface area (Å²) in [6.07, 6.45) is 0. The fraction of sp³-hybridized carbons (Fsp3) is 1.00. The maximum Gasteiger partial charge on any atom is 0 e. The van der Waals surface area contributed by atoms with Gasteiger partial charge < -0.3 is 43.8 Å². The minimum Gasteiger partial charge on any atom is 0 e. The van der Waals surface area contributed by atoms with Gasteiger partial charge in [-0.1, -0.05) is 14.9 Å². The molecule has 0 aliphatic carbocycles. The first kappa shape index (κ1) is 128. The molecule has 0 unspecified atom stereocenters. The zero-order valence-corrected chi connectivity index (χ0v) is 16.8. The second-order valence-electron chi connectivity index (χ2n) is 1.18. The Kier molecular flexibility index (Phi) is 806. The Bertz CT molecular complexity index is 165. The molecule has 0 saturated carbocycles. The third-order valence-electron chi connectivity index (χ3n) is 0.243. The van der Waals surface area contributed by atoms with E-state index in [1.54, 1.807) is 0 Å². The molecule has 0 aliphatic heterocycles. The molecular formula is C2H30B6O16Zr2. The molecule has 0 amide bonds. The van der Waals surface area contributed by atoms with Gasteiger partial charge in [0.1, 0.15) is 0 Å². The fourth-order valence-electron chi connectivity index (χ4n) is 0. The third-order valence-corrected chi connectivity index (χ3v) is 0.243. The van der Waals surface area contributed by atoms with Crippen molar-refractivity contribution in [2.75, 3.05) is 0 Å². The van der Waals surface area contributed by atoms with Crippen molar-refractivity contribution in [2.45, 2.75) is 14.9 Å². The predicted molar refractivity (Wildman–Crippen MR) is 90.6 cm³/mol. The molecule has 4 radical (unpaired) electrons. The minimum absolute atomic E-state index is 0. The van der Waals surface area contributed by atoms with Crippen LogP contribution < -0.4 is 0 Å². The molecule has 0 bridgehead atoms. The van der Waals surface area contributed by atoms with Crippen molar-refractivity contribution >= 4 is 43.6 Å². The Morgan fingerprint density at radius 2 is 0.692 bits per heavy atom. The average molecular weight is 559 g/mol. The van der Waals surface area contributed by atoms with Crippen molar-refractivity contribution in [1.82, 2.24) is 0 Å². The van der Waals surface area contributed by atoms with Crippen LogP contribution in [-0.4, -0.2) is 107 Å². The van der Waals surface area contributed by atoms with E-state index in [2.05, 4.69) is 15.5 Å². The molecule has 0 aromatic rings. The van der Waals surface area contributed by atoms with Gasteiger partial charge in [-0.3, -0.25) is 0 Å². The van der Waals surface area contributed by atoms with E-state index in [4.69, 9.17) is 35.1 Å². The van der Waals surface area contributed by atoms with E-state index in [9.17, 15) is 0 Å². The van der Waals surface area contributed by atoms with E-state index in [-0.39, 0.29) is 100 Å². The van der Waals surface area contributed by atoms with Gasteiger partial charge in [0.05, 0.1) is 0 Å². The van der Waals surface area contributed by atoms with Crippen molar-refractivity contribution in [2.24, 2.45) is 0 Å². The van der Waals surface area contributed by atoms with Gasteiger partial charge in [-0.2, -0.15) is 0 Å². The van der Waals surface area contributed by atoms with E-state index in [1.807, 2.05) is 0 Å². The van der Waals surface area contributed by atoms with Crippen molar-refractivity contribution in [3.8, 4) is 0 Å². The van der Waals surface area contributed by atoms with Gasteiger partial charge in [-0.25, -0.2) is 0 Å². The topological polar surface area (TPSA) is 401 Å². The first-order valence-corrected chi connectivity index (χ1v) is 4.92. The summed E-state index contributed by atoms with van der Waals surface area (Å²) in [5, 5.41) is 30.2. The van der Waals surface area contributed by atoms with Crippen molar-refractivity contribution in [3.63, 3.8) is 0 Å². The molecule has 0 aliphatic rings. The van der Waals surface area contributed by atoms with Crippen LogP contribution in [0.1, 0.15) is 16.3 Å². The van der Waals surface area contributed by atoms with Crippen LogP contribution >= 0.6 is 0 Å². The molecule has 0 rings (SSSR count). The Balaban J connectivity index is -0.00000000383. The molecule has 0 saturated heterocycles. The monoisotopic (exact) mass is 557 g/mol. The Hall–Kier alpha value is 0.876. The van der Waals surface area contributed by atoms with Crippen LogP contribution in [0.4, 0.5) is 0 Å². The molecule has 24 heteroatoms. The Morgan fingerprint density at radius 3 is 0.692 bits per heavy atom. The molecule has 0 aromatic carbocycles. The van der Waals surface area contributed by atoms with Gasteiger partial charge >= 0.3 is 86.5 Å². The van der Waals surface area contributed by atoms with Gasteiger partial charge in [0.25, 0.3) is 0 Å². The third kappa shape index (κ3) is 596. The SMILES string of the molecule is C.C.O.O.O.O.O.O.O.O.O=BB(O)O.O=BB(O)O.[2HH].[B][B].[O]=[Zr]=[O].[Zr]. The molecule has 0 spiro atoms. The summed E-state index contributed by atoms with van der Waals surface area (Å²) in [4.78, 5) is 0. The van der Waals surface area contributed by atoms with Crippen molar-refractivity contribution in [1.29, 1.82) is 0 Å². The maximum absolute atomic E-state index is 9.00. The predicted octanol–water partition coefficient (Wildman–Crippen LogP) is -10.1. The summed E-state index contributed by atoms with van der Waals surface area (Å²) in [6.45, 7) is 0. The summed E-state index contributed by atoms with van der Waals surface area (Å²) in [5.74, 6) is 0. The Labute approximate surface area is 187 Å². The van der Waals surface area contributed by atoms with Crippen LogP contribution in [0, 0.1) is 0 Å². The molecule has 0 atom stereocenters. The zero-order chi connectivity index (χ0) is 13.3.